The summed E-state index contributed by atoms with van der Waals surface area (Å²) in [5.41, 5.74) is 1.10. The van der Waals surface area contributed by atoms with E-state index < -0.39 is 5.60 Å². The second-order valence-corrected chi connectivity index (χ2v) is 6.65. The van der Waals surface area contributed by atoms with Gasteiger partial charge in [0, 0.05) is 19.0 Å². The fourth-order valence-corrected chi connectivity index (χ4v) is 2.18. The Kier molecular flexibility index (Phi) is 4.60. The van der Waals surface area contributed by atoms with Crippen molar-refractivity contribution in [3.05, 3.63) is 29.3 Å². The lowest BCUT2D eigenvalue weighted by molar-refractivity contribution is -0.00781. The van der Waals surface area contributed by atoms with Crippen LogP contribution in [0.1, 0.15) is 31.9 Å². The Balaban J connectivity index is 1.77. The predicted octanol–water partition coefficient (Wildman–Crippen LogP) is 3.11. The number of hydrogen-bond donors (Lipinski definition) is 0. The molecule has 0 spiro atoms. The van der Waals surface area contributed by atoms with Crippen molar-refractivity contribution in [3.63, 3.8) is 0 Å². The standard InChI is InChI=1S/C17H22N2O3/c1-12-5-6-15(7-14(12)8-18)21-11-13-9-19(10-13)16(20)22-17(2,3)4/h5-7,13H,9-11H2,1-4H3. The fourth-order valence-electron chi connectivity index (χ4n) is 2.18. The van der Waals surface area contributed by atoms with Crippen LogP contribution in [0.3, 0.4) is 0 Å². The molecule has 1 aromatic rings. The van der Waals surface area contributed by atoms with Gasteiger partial charge in [0.25, 0.3) is 0 Å². The number of amides is 1. The van der Waals surface area contributed by atoms with E-state index in [-0.39, 0.29) is 6.09 Å². The first-order chi connectivity index (χ1) is 10.3. The predicted molar refractivity (Wildman–Crippen MR) is 82.7 cm³/mol. The summed E-state index contributed by atoms with van der Waals surface area (Å²) in [5, 5.41) is 9.00. The van der Waals surface area contributed by atoms with Crippen LogP contribution in [0.4, 0.5) is 4.79 Å². The number of carbonyl (C=O) groups is 1. The van der Waals surface area contributed by atoms with Gasteiger partial charge >= 0.3 is 6.09 Å². The third-order valence-electron chi connectivity index (χ3n) is 3.42. The van der Waals surface area contributed by atoms with E-state index in [4.69, 9.17) is 14.7 Å². The molecule has 0 atom stereocenters. The van der Waals surface area contributed by atoms with Crippen molar-refractivity contribution in [1.82, 2.24) is 4.90 Å². The molecule has 0 aromatic heterocycles. The summed E-state index contributed by atoms with van der Waals surface area (Å²) < 4.78 is 11.0. The van der Waals surface area contributed by atoms with E-state index in [1.807, 2.05) is 39.8 Å². The number of aryl methyl sites for hydroxylation is 1. The Hall–Kier alpha value is -2.22. The van der Waals surface area contributed by atoms with Gasteiger partial charge in [-0.15, -0.1) is 0 Å². The molecule has 1 saturated heterocycles. The first-order valence-electron chi connectivity index (χ1n) is 7.40. The second-order valence-electron chi connectivity index (χ2n) is 6.65. The molecule has 0 bridgehead atoms. The SMILES string of the molecule is Cc1ccc(OCC2CN(C(=O)OC(C)(C)C)C2)cc1C#N. The second kappa shape index (κ2) is 6.27. The first-order valence-corrected chi connectivity index (χ1v) is 7.40. The zero-order valence-corrected chi connectivity index (χ0v) is 13.5. The van der Waals surface area contributed by atoms with Gasteiger partial charge in [-0.1, -0.05) is 6.07 Å². The van der Waals surface area contributed by atoms with Crippen molar-refractivity contribution in [2.75, 3.05) is 19.7 Å². The molecule has 1 aliphatic heterocycles. The summed E-state index contributed by atoms with van der Waals surface area (Å²) in [7, 11) is 0. The van der Waals surface area contributed by atoms with Crippen molar-refractivity contribution in [3.8, 4) is 11.8 Å². The van der Waals surface area contributed by atoms with Crippen molar-refractivity contribution in [1.29, 1.82) is 5.26 Å². The van der Waals surface area contributed by atoms with Gasteiger partial charge < -0.3 is 14.4 Å². The van der Waals surface area contributed by atoms with E-state index in [0.29, 0.717) is 36.9 Å². The number of rotatable bonds is 3. The normalized spacial score (nSPS) is 15.0. The Morgan fingerprint density at radius 1 is 1.41 bits per heavy atom. The van der Waals surface area contributed by atoms with E-state index >= 15 is 0 Å². The van der Waals surface area contributed by atoms with Crippen molar-refractivity contribution < 1.29 is 14.3 Å². The maximum Gasteiger partial charge on any atom is 0.410 e. The Bertz CT molecular complexity index is 593. The summed E-state index contributed by atoms with van der Waals surface area (Å²) >= 11 is 0. The van der Waals surface area contributed by atoms with Gasteiger partial charge in [-0.2, -0.15) is 5.26 Å². The van der Waals surface area contributed by atoms with Crippen LogP contribution in [0.25, 0.3) is 0 Å². The van der Waals surface area contributed by atoms with E-state index in [2.05, 4.69) is 6.07 Å². The molecule has 1 aliphatic rings. The molecule has 0 aliphatic carbocycles. The largest absolute Gasteiger partial charge is 0.493 e. The number of hydrogen-bond acceptors (Lipinski definition) is 4. The Labute approximate surface area is 131 Å². The zero-order valence-electron chi connectivity index (χ0n) is 13.5. The summed E-state index contributed by atoms with van der Waals surface area (Å²) in [6, 6.07) is 7.63. The quantitative estimate of drug-likeness (QED) is 0.860. The van der Waals surface area contributed by atoms with Crippen LogP contribution in [-0.4, -0.2) is 36.3 Å². The molecule has 0 radical (unpaired) electrons. The highest BCUT2D eigenvalue weighted by Crippen LogP contribution is 2.22. The number of benzene rings is 1. The van der Waals surface area contributed by atoms with Gasteiger partial charge in [-0.25, -0.2) is 4.79 Å². The highest BCUT2D eigenvalue weighted by molar-refractivity contribution is 5.69. The van der Waals surface area contributed by atoms with Crippen molar-refractivity contribution in [2.24, 2.45) is 5.92 Å². The van der Waals surface area contributed by atoms with Gasteiger partial charge in [0.15, 0.2) is 0 Å². The topological polar surface area (TPSA) is 62.6 Å². The summed E-state index contributed by atoms with van der Waals surface area (Å²) in [5.74, 6) is 0.997. The molecular formula is C17H22N2O3. The Morgan fingerprint density at radius 3 is 2.68 bits per heavy atom. The van der Waals surface area contributed by atoms with Gasteiger partial charge in [0.05, 0.1) is 18.2 Å². The number of ether oxygens (including phenoxy) is 2. The maximum atomic E-state index is 11.8. The molecule has 0 unspecified atom stereocenters. The smallest absolute Gasteiger partial charge is 0.410 e. The van der Waals surface area contributed by atoms with Crippen LogP contribution in [-0.2, 0) is 4.74 Å². The molecule has 22 heavy (non-hydrogen) atoms. The minimum absolute atomic E-state index is 0.272. The van der Waals surface area contributed by atoms with E-state index in [1.165, 1.54) is 0 Å². The number of nitriles is 1. The Morgan fingerprint density at radius 2 is 2.09 bits per heavy atom. The molecule has 1 aromatic carbocycles. The van der Waals surface area contributed by atoms with Gasteiger partial charge in [-0.3, -0.25) is 0 Å². The lowest BCUT2D eigenvalue weighted by Gasteiger charge is -2.39. The summed E-state index contributed by atoms with van der Waals surface area (Å²) in [6.07, 6.45) is -0.272. The molecule has 0 N–H and O–H groups in total. The van der Waals surface area contributed by atoms with Crippen LogP contribution in [0, 0.1) is 24.2 Å². The van der Waals surface area contributed by atoms with Crippen LogP contribution >= 0.6 is 0 Å². The van der Waals surface area contributed by atoms with E-state index in [0.717, 1.165) is 5.56 Å². The minimum atomic E-state index is -0.464. The molecule has 5 nitrogen and oxygen atoms in total. The average molecular weight is 302 g/mol. The summed E-state index contributed by atoms with van der Waals surface area (Å²) in [6.45, 7) is 9.29. The molecular weight excluding hydrogens is 280 g/mol. The highest BCUT2D eigenvalue weighted by Gasteiger charge is 2.34. The van der Waals surface area contributed by atoms with Crippen LogP contribution in [0.15, 0.2) is 18.2 Å². The van der Waals surface area contributed by atoms with Crippen LogP contribution in [0.2, 0.25) is 0 Å². The number of carbonyl (C=O) groups excluding carboxylic acids is 1. The van der Waals surface area contributed by atoms with Crippen molar-refractivity contribution >= 4 is 6.09 Å². The minimum Gasteiger partial charge on any atom is -0.493 e. The van der Waals surface area contributed by atoms with Gasteiger partial charge in [0.1, 0.15) is 11.4 Å². The highest BCUT2D eigenvalue weighted by atomic mass is 16.6. The monoisotopic (exact) mass is 302 g/mol. The molecule has 5 heteroatoms. The molecule has 1 amide bonds. The third kappa shape index (κ3) is 4.14. The fraction of sp³-hybridized carbons (Fsp3) is 0.529. The van der Waals surface area contributed by atoms with E-state index in [9.17, 15) is 4.79 Å². The lowest BCUT2D eigenvalue weighted by Crippen LogP contribution is -2.53. The molecule has 0 saturated carbocycles. The average Bonchev–Trinajstić information content (AvgIpc) is 2.36. The first kappa shape index (κ1) is 16.2. The third-order valence-corrected chi connectivity index (χ3v) is 3.42. The summed E-state index contributed by atoms with van der Waals surface area (Å²) in [4.78, 5) is 13.5. The van der Waals surface area contributed by atoms with Crippen molar-refractivity contribution in [2.45, 2.75) is 33.3 Å². The molecule has 118 valence electrons. The van der Waals surface area contributed by atoms with Crippen LogP contribution < -0.4 is 4.74 Å². The molecule has 1 fully saturated rings. The molecule has 2 rings (SSSR count). The number of nitrogens with zero attached hydrogens (tertiary/aromatic N) is 2. The van der Waals surface area contributed by atoms with E-state index in [1.54, 1.807) is 11.0 Å². The van der Waals surface area contributed by atoms with Crippen LogP contribution in [0.5, 0.6) is 5.75 Å². The number of likely N-dealkylation sites (tertiary alicyclic amines) is 1. The maximum absolute atomic E-state index is 11.8. The lowest BCUT2D eigenvalue weighted by atomic mass is 10.0. The van der Waals surface area contributed by atoms with Gasteiger partial charge in [-0.05, 0) is 45.4 Å². The van der Waals surface area contributed by atoms with Gasteiger partial charge in [0.2, 0.25) is 0 Å². The zero-order chi connectivity index (χ0) is 16.3. The molecule has 1 heterocycles.